The Balaban J connectivity index is 1.54. The number of hydrogen-bond acceptors (Lipinski definition) is 3. The summed E-state index contributed by atoms with van der Waals surface area (Å²) < 4.78 is 6.09. The van der Waals surface area contributed by atoms with Gasteiger partial charge in [0.2, 0.25) is 5.91 Å². The van der Waals surface area contributed by atoms with Gasteiger partial charge in [0.15, 0.2) is 0 Å². The first-order valence-electron chi connectivity index (χ1n) is 8.88. The molecule has 1 aromatic carbocycles. The molecule has 0 aromatic heterocycles. The molecule has 2 aliphatic rings. The molecule has 2 fully saturated rings. The van der Waals surface area contributed by atoms with E-state index < -0.39 is 6.10 Å². The molecule has 1 aromatic rings. The zero-order valence-corrected chi connectivity index (χ0v) is 13.6. The topological polar surface area (TPSA) is 58.6 Å². The Kier molecular flexibility index (Phi) is 5.68. The number of amides is 1. The average Bonchev–Trinajstić information content (AvgIpc) is 3.01. The predicted octanol–water partition coefficient (Wildman–Crippen LogP) is 2.79. The Hall–Kier alpha value is -1.39. The largest absolute Gasteiger partial charge is 0.392 e. The molecule has 4 unspecified atom stereocenters. The smallest absolute Gasteiger partial charge is 0.226 e. The molecule has 4 nitrogen and oxygen atoms in total. The van der Waals surface area contributed by atoms with Gasteiger partial charge in [0.05, 0.1) is 30.8 Å². The first-order chi connectivity index (χ1) is 11.2. The summed E-state index contributed by atoms with van der Waals surface area (Å²) in [5, 5.41) is 13.1. The molecule has 0 heterocycles. The molecule has 23 heavy (non-hydrogen) atoms. The average molecular weight is 317 g/mol. The number of hydrogen-bond donors (Lipinski definition) is 2. The molecular formula is C19H27NO3. The molecule has 2 N–H and O–H groups in total. The molecule has 0 spiro atoms. The fourth-order valence-corrected chi connectivity index (χ4v) is 3.78. The Morgan fingerprint density at radius 2 is 1.87 bits per heavy atom. The van der Waals surface area contributed by atoms with Crippen LogP contribution in [0.5, 0.6) is 0 Å². The number of benzene rings is 1. The van der Waals surface area contributed by atoms with E-state index in [4.69, 9.17) is 4.74 Å². The lowest BCUT2D eigenvalue weighted by atomic mass is 9.91. The van der Waals surface area contributed by atoms with Crippen molar-refractivity contribution in [2.45, 2.75) is 69.8 Å². The molecule has 0 aliphatic heterocycles. The van der Waals surface area contributed by atoms with Gasteiger partial charge in [-0.25, -0.2) is 0 Å². The summed E-state index contributed by atoms with van der Waals surface area (Å²) in [5.74, 6) is -0.220. The lowest BCUT2D eigenvalue weighted by Gasteiger charge is -2.33. The van der Waals surface area contributed by atoms with Gasteiger partial charge in [-0.3, -0.25) is 4.79 Å². The van der Waals surface area contributed by atoms with E-state index in [-0.39, 0.29) is 24.0 Å². The molecule has 1 amide bonds. The SMILES string of the molecule is O=C(NC1CCCCC1OCc1ccccc1)C1CCCC1O. The molecule has 4 atom stereocenters. The number of rotatable bonds is 5. The third-order valence-electron chi connectivity index (χ3n) is 5.15. The number of aliphatic hydroxyl groups excluding tert-OH is 1. The summed E-state index contributed by atoms with van der Waals surface area (Å²) in [6.45, 7) is 0.587. The normalized spacial score (nSPS) is 31.0. The summed E-state index contributed by atoms with van der Waals surface area (Å²) in [7, 11) is 0. The summed E-state index contributed by atoms with van der Waals surface area (Å²) in [6, 6.07) is 10.2. The quantitative estimate of drug-likeness (QED) is 0.878. The van der Waals surface area contributed by atoms with E-state index >= 15 is 0 Å². The first kappa shape index (κ1) is 16.5. The maximum Gasteiger partial charge on any atom is 0.226 e. The highest BCUT2D eigenvalue weighted by molar-refractivity contribution is 5.79. The van der Waals surface area contributed by atoms with E-state index in [0.717, 1.165) is 50.5 Å². The van der Waals surface area contributed by atoms with E-state index in [1.165, 1.54) is 0 Å². The van der Waals surface area contributed by atoms with Gasteiger partial charge >= 0.3 is 0 Å². The van der Waals surface area contributed by atoms with Gasteiger partial charge in [0, 0.05) is 0 Å². The third-order valence-corrected chi connectivity index (χ3v) is 5.15. The molecule has 0 radical (unpaired) electrons. The van der Waals surface area contributed by atoms with Gasteiger partial charge < -0.3 is 15.2 Å². The Morgan fingerprint density at radius 1 is 1.09 bits per heavy atom. The van der Waals surface area contributed by atoms with Crippen molar-refractivity contribution in [3.63, 3.8) is 0 Å². The molecule has 4 heteroatoms. The monoisotopic (exact) mass is 317 g/mol. The van der Waals surface area contributed by atoms with Crippen LogP contribution in [0, 0.1) is 5.92 Å². The summed E-state index contributed by atoms with van der Waals surface area (Å²) >= 11 is 0. The van der Waals surface area contributed by atoms with Gasteiger partial charge in [-0.15, -0.1) is 0 Å². The fourth-order valence-electron chi connectivity index (χ4n) is 3.78. The molecule has 0 saturated heterocycles. The predicted molar refractivity (Wildman–Crippen MR) is 88.8 cm³/mol. The minimum atomic E-state index is -0.470. The van der Waals surface area contributed by atoms with Crippen molar-refractivity contribution in [3.05, 3.63) is 35.9 Å². The van der Waals surface area contributed by atoms with Crippen LogP contribution < -0.4 is 5.32 Å². The van der Waals surface area contributed by atoms with Gasteiger partial charge in [-0.2, -0.15) is 0 Å². The number of ether oxygens (including phenoxy) is 1. The fraction of sp³-hybridized carbons (Fsp3) is 0.632. The second kappa shape index (κ2) is 7.93. The van der Waals surface area contributed by atoms with E-state index in [9.17, 15) is 9.90 Å². The third kappa shape index (κ3) is 4.33. The summed E-state index contributed by atoms with van der Waals surface area (Å²) in [6.07, 6.45) is 6.33. The van der Waals surface area contributed by atoms with E-state index in [2.05, 4.69) is 17.4 Å². The zero-order chi connectivity index (χ0) is 16.1. The first-order valence-corrected chi connectivity index (χ1v) is 8.88. The molecule has 2 saturated carbocycles. The highest BCUT2D eigenvalue weighted by Gasteiger charge is 2.34. The minimum absolute atomic E-state index is 0.00945. The number of carbonyl (C=O) groups excluding carboxylic acids is 1. The van der Waals surface area contributed by atoms with Gasteiger partial charge in [0.25, 0.3) is 0 Å². The second-order valence-corrected chi connectivity index (χ2v) is 6.84. The number of aliphatic hydroxyl groups is 1. The van der Waals surface area contributed by atoms with Crippen molar-refractivity contribution in [3.8, 4) is 0 Å². The number of nitrogens with one attached hydrogen (secondary N) is 1. The van der Waals surface area contributed by atoms with E-state index in [1.807, 2.05) is 18.2 Å². The minimum Gasteiger partial charge on any atom is -0.392 e. The van der Waals surface area contributed by atoms with Crippen LogP contribution >= 0.6 is 0 Å². The van der Waals surface area contributed by atoms with Crippen LogP contribution in [0.3, 0.4) is 0 Å². The maximum atomic E-state index is 12.4. The van der Waals surface area contributed by atoms with Crippen LogP contribution in [0.1, 0.15) is 50.5 Å². The van der Waals surface area contributed by atoms with Crippen LogP contribution in [0.25, 0.3) is 0 Å². The van der Waals surface area contributed by atoms with Crippen molar-refractivity contribution >= 4 is 5.91 Å². The maximum absolute atomic E-state index is 12.4. The van der Waals surface area contributed by atoms with Crippen LogP contribution in [0.4, 0.5) is 0 Å². The zero-order valence-electron chi connectivity index (χ0n) is 13.6. The van der Waals surface area contributed by atoms with Crippen molar-refractivity contribution < 1.29 is 14.6 Å². The Bertz CT molecular complexity index is 505. The molecular weight excluding hydrogens is 290 g/mol. The van der Waals surface area contributed by atoms with Crippen LogP contribution in [0.15, 0.2) is 30.3 Å². The second-order valence-electron chi connectivity index (χ2n) is 6.84. The molecule has 0 bridgehead atoms. The highest BCUT2D eigenvalue weighted by Crippen LogP contribution is 2.27. The lowest BCUT2D eigenvalue weighted by Crippen LogP contribution is -2.49. The van der Waals surface area contributed by atoms with Crippen LogP contribution in [-0.2, 0) is 16.1 Å². The van der Waals surface area contributed by atoms with Crippen LogP contribution in [0.2, 0.25) is 0 Å². The lowest BCUT2D eigenvalue weighted by molar-refractivity contribution is -0.130. The summed E-state index contributed by atoms with van der Waals surface area (Å²) in [5.41, 5.74) is 1.16. The van der Waals surface area contributed by atoms with Crippen molar-refractivity contribution in [1.29, 1.82) is 0 Å². The van der Waals surface area contributed by atoms with Crippen molar-refractivity contribution in [2.75, 3.05) is 0 Å². The van der Waals surface area contributed by atoms with Gasteiger partial charge in [-0.1, -0.05) is 43.2 Å². The highest BCUT2D eigenvalue weighted by atomic mass is 16.5. The van der Waals surface area contributed by atoms with Gasteiger partial charge in [-0.05, 0) is 37.7 Å². The Labute approximate surface area is 138 Å². The van der Waals surface area contributed by atoms with Crippen LogP contribution in [-0.4, -0.2) is 29.3 Å². The molecule has 126 valence electrons. The van der Waals surface area contributed by atoms with Crippen molar-refractivity contribution in [2.24, 2.45) is 5.92 Å². The van der Waals surface area contributed by atoms with Gasteiger partial charge in [0.1, 0.15) is 0 Å². The standard InChI is InChI=1S/C19H27NO3/c21-17-11-6-9-15(17)19(22)20-16-10-4-5-12-18(16)23-13-14-7-2-1-3-8-14/h1-3,7-8,15-18,21H,4-6,9-13H2,(H,20,22). The van der Waals surface area contributed by atoms with E-state index in [0.29, 0.717) is 6.61 Å². The van der Waals surface area contributed by atoms with E-state index in [1.54, 1.807) is 0 Å². The summed E-state index contributed by atoms with van der Waals surface area (Å²) in [4.78, 5) is 12.4. The molecule has 3 rings (SSSR count). The number of carbonyl (C=O) groups is 1. The Morgan fingerprint density at radius 3 is 2.61 bits per heavy atom. The van der Waals surface area contributed by atoms with Crippen molar-refractivity contribution in [1.82, 2.24) is 5.32 Å². The molecule has 2 aliphatic carbocycles.